The third kappa shape index (κ3) is 6.41. The number of carbonyl (C=O) groups is 4. The summed E-state index contributed by atoms with van der Waals surface area (Å²) in [5.41, 5.74) is 14.2. The van der Waals surface area contributed by atoms with Gasteiger partial charge in [0.05, 0.1) is 16.8 Å². The molecule has 14 rings (SSSR count). The zero-order valence-corrected chi connectivity index (χ0v) is 43.7. The Balaban J connectivity index is 0.976. The van der Waals surface area contributed by atoms with E-state index in [0.29, 0.717) is 33.6 Å². The SMILES string of the molecule is CC(C)(C)c1ccc2c(c1)C1(c3cc(N4C(=O)c5cccc6c(N7CCCCC7)ccc(c56)C4=O)ccc3-c3ccc(N4C(=O)c5cccc6c(N7CCCCC7)ccc(c56)C4=O)cc31)c1cc(C(C)(C)C)ccc1-2. The van der Waals surface area contributed by atoms with Gasteiger partial charge < -0.3 is 9.80 Å². The number of carbonyl (C=O) groups excluding carboxylic acids is 4. The van der Waals surface area contributed by atoms with Crippen LogP contribution in [0.25, 0.3) is 43.8 Å². The highest BCUT2D eigenvalue weighted by Crippen LogP contribution is 2.64. The van der Waals surface area contributed by atoms with Crippen molar-refractivity contribution in [3.05, 3.63) is 189 Å². The van der Waals surface area contributed by atoms with E-state index in [2.05, 4.69) is 136 Å². The van der Waals surface area contributed by atoms with Gasteiger partial charge in [0.1, 0.15) is 0 Å². The molecule has 4 heterocycles. The normalized spacial score (nSPS) is 17.6. The van der Waals surface area contributed by atoms with E-state index in [9.17, 15) is 0 Å². The molecular formula is C67H60N4O4. The van der Waals surface area contributed by atoms with E-state index in [-0.39, 0.29) is 34.5 Å². The summed E-state index contributed by atoms with van der Waals surface area (Å²) in [6.07, 6.45) is 6.86. The van der Waals surface area contributed by atoms with Gasteiger partial charge in [-0.05, 0) is 166 Å². The maximum Gasteiger partial charge on any atom is 0.265 e. The number of hydrogen-bond acceptors (Lipinski definition) is 6. The van der Waals surface area contributed by atoms with Crippen molar-refractivity contribution in [3.8, 4) is 22.3 Å². The molecular weight excluding hydrogens is 925 g/mol. The molecule has 8 aromatic rings. The van der Waals surface area contributed by atoms with Crippen molar-refractivity contribution < 1.29 is 19.2 Å². The molecule has 0 N–H and O–H groups in total. The van der Waals surface area contributed by atoms with Crippen LogP contribution < -0.4 is 19.6 Å². The Hall–Kier alpha value is -7.84. The van der Waals surface area contributed by atoms with Crippen LogP contribution in [0.3, 0.4) is 0 Å². The molecule has 0 unspecified atom stereocenters. The Morgan fingerprint density at radius 3 is 1.07 bits per heavy atom. The lowest BCUT2D eigenvalue weighted by Gasteiger charge is -2.35. The van der Waals surface area contributed by atoms with Crippen LogP contribution >= 0.6 is 0 Å². The first-order valence-electron chi connectivity index (χ1n) is 27.1. The summed E-state index contributed by atoms with van der Waals surface area (Å²) in [7, 11) is 0. The summed E-state index contributed by atoms with van der Waals surface area (Å²) < 4.78 is 0. The molecule has 0 radical (unpaired) electrons. The highest BCUT2D eigenvalue weighted by atomic mass is 16.2. The number of anilines is 4. The van der Waals surface area contributed by atoms with Gasteiger partial charge in [0.2, 0.25) is 0 Å². The smallest absolute Gasteiger partial charge is 0.265 e. The Morgan fingerprint density at radius 2 is 0.693 bits per heavy atom. The van der Waals surface area contributed by atoms with E-state index in [1.807, 2.05) is 48.5 Å². The van der Waals surface area contributed by atoms with Crippen LogP contribution in [0.1, 0.15) is 155 Å². The van der Waals surface area contributed by atoms with E-state index in [1.165, 1.54) is 22.6 Å². The molecule has 8 nitrogen and oxygen atoms in total. The third-order valence-corrected chi connectivity index (χ3v) is 17.7. The number of benzene rings is 8. The molecule has 4 aliphatic heterocycles. The fourth-order valence-corrected chi connectivity index (χ4v) is 13.9. The van der Waals surface area contributed by atoms with Gasteiger partial charge in [0.15, 0.2) is 0 Å². The molecule has 0 aromatic heterocycles. The van der Waals surface area contributed by atoms with Crippen LogP contribution in [0.5, 0.6) is 0 Å². The standard InChI is InChI=1S/C67H60N4O4/c1-65(2,3)39-19-23-43-44-24-20-40(66(4,5)6)36-54(44)67(53(43)35-39)55-37-41(70-61(72)49-17-13-15-47-57(68-31-9-7-10-32-68)29-27-51(59(47)49)63(70)74)21-25-45(55)46-26-22-42(38-56(46)67)71-62(73)50-18-14-16-48-58(69-33-11-8-12-34-69)30-28-52(60(48)50)64(71)75/h13-30,35-38H,7-12,31-34H2,1-6H3. The summed E-state index contributed by atoms with van der Waals surface area (Å²) in [5, 5.41) is 3.30. The lowest BCUT2D eigenvalue weighted by atomic mass is 9.68. The number of hydrogen-bond donors (Lipinski definition) is 0. The molecule has 6 aliphatic rings. The molecule has 2 aliphatic carbocycles. The van der Waals surface area contributed by atoms with Crippen LogP contribution in [0, 0.1) is 0 Å². The van der Waals surface area contributed by atoms with E-state index in [1.54, 1.807) is 0 Å². The van der Waals surface area contributed by atoms with Crippen molar-refractivity contribution in [2.75, 3.05) is 45.8 Å². The second kappa shape index (κ2) is 16.1. The van der Waals surface area contributed by atoms with Crippen LogP contribution in [-0.2, 0) is 16.2 Å². The molecule has 0 saturated carbocycles. The summed E-state index contributed by atoms with van der Waals surface area (Å²) in [4.78, 5) is 68.3. The van der Waals surface area contributed by atoms with E-state index >= 15 is 19.2 Å². The minimum Gasteiger partial charge on any atom is -0.371 e. The molecule has 2 saturated heterocycles. The average molecular weight is 985 g/mol. The molecule has 0 bridgehead atoms. The number of amides is 4. The first-order chi connectivity index (χ1) is 36.1. The predicted molar refractivity (Wildman–Crippen MR) is 302 cm³/mol. The molecule has 8 aromatic carbocycles. The third-order valence-electron chi connectivity index (χ3n) is 17.7. The van der Waals surface area contributed by atoms with Gasteiger partial charge in [0, 0.05) is 81.4 Å². The Bertz CT molecular complexity index is 3580. The van der Waals surface area contributed by atoms with Gasteiger partial charge in [-0.2, -0.15) is 0 Å². The fourth-order valence-electron chi connectivity index (χ4n) is 13.9. The summed E-state index contributed by atoms with van der Waals surface area (Å²) in [6, 6.07) is 45.5. The summed E-state index contributed by atoms with van der Waals surface area (Å²) >= 11 is 0. The Labute approximate surface area is 438 Å². The second-order valence-corrected chi connectivity index (χ2v) is 23.9. The Kier molecular flexibility index (Phi) is 9.81. The van der Waals surface area contributed by atoms with Gasteiger partial charge in [-0.3, -0.25) is 19.2 Å². The van der Waals surface area contributed by atoms with E-state index in [0.717, 1.165) is 140 Å². The zero-order valence-electron chi connectivity index (χ0n) is 43.7. The molecule has 372 valence electrons. The Morgan fingerprint density at radius 1 is 0.360 bits per heavy atom. The van der Waals surface area contributed by atoms with Gasteiger partial charge >= 0.3 is 0 Å². The van der Waals surface area contributed by atoms with Crippen molar-refractivity contribution >= 4 is 67.9 Å². The number of piperidine rings is 2. The van der Waals surface area contributed by atoms with Crippen molar-refractivity contribution in [2.45, 2.75) is 96.3 Å². The van der Waals surface area contributed by atoms with Crippen molar-refractivity contribution in [1.29, 1.82) is 0 Å². The predicted octanol–water partition coefficient (Wildman–Crippen LogP) is 14.5. The number of nitrogens with zero attached hydrogens (tertiary/aromatic N) is 4. The molecule has 2 fully saturated rings. The number of rotatable bonds is 4. The number of imide groups is 2. The largest absolute Gasteiger partial charge is 0.371 e. The maximum atomic E-state index is 15.2. The number of fused-ring (bicyclic) bond motifs is 10. The molecule has 1 spiro atoms. The van der Waals surface area contributed by atoms with Crippen molar-refractivity contribution in [1.82, 2.24) is 0 Å². The maximum absolute atomic E-state index is 15.2. The lowest BCUT2D eigenvalue weighted by Crippen LogP contribution is -2.41. The average Bonchev–Trinajstić information content (AvgIpc) is 4.04. The fraction of sp³-hybridized carbons (Fsp3) is 0.284. The van der Waals surface area contributed by atoms with Crippen LogP contribution in [0.4, 0.5) is 22.7 Å². The van der Waals surface area contributed by atoms with Gasteiger partial charge in [-0.15, -0.1) is 0 Å². The van der Waals surface area contributed by atoms with E-state index in [4.69, 9.17) is 0 Å². The molecule has 8 heteroatoms. The van der Waals surface area contributed by atoms with E-state index < -0.39 is 5.41 Å². The summed E-state index contributed by atoms with van der Waals surface area (Å²) in [5.74, 6) is -1.39. The zero-order chi connectivity index (χ0) is 51.4. The first-order valence-corrected chi connectivity index (χ1v) is 27.1. The molecule has 0 atom stereocenters. The minimum absolute atomic E-state index is 0.209. The molecule has 4 amide bonds. The van der Waals surface area contributed by atoms with Crippen LogP contribution in [-0.4, -0.2) is 49.8 Å². The van der Waals surface area contributed by atoms with Crippen LogP contribution in [0.2, 0.25) is 0 Å². The van der Waals surface area contributed by atoms with Gasteiger partial charge in [-0.25, -0.2) is 9.80 Å². The second-order valence-electron chi connectivity index (χ2n) is 23.9. The molecule has 75 heavy (non-hydrogen) atoms. The summed E-state index contributed by atoms with van der Waals surface area (Å²) in [6.45, 7) is 17.2. The van der Waals surface area contributed by atoms with Crippen LogP contribution in [0.15, 0.2) is 133 Å². The van der Waals surface area contributed by atoms with Gasteiger partial charge in [-0.1, -0.05) is 114 Å². The lowest BCUT2D eigenvalue weighted by molar-refractivity contribution is 0.0877. The highest BCUT2D eigenvalue weighted by molar-refractivity contribution is 6.38. The van der Waals surface area contributed by atoms with Crippen molar-refractivity contribution in [2.24, 2.45) is 0 Å². The monoisotopic (exact) mass is 984 g/mol. The highest BCUT2D eigenvalue weighted by Gasteiger charge is 2.54. The van der Waals surface area contributed by atoms with Crippen molar-refractivity contribution in [3.63, 3.8) is 0 Å². The quantitative estimate of drug-likeness (QED) is 0.163. The first kappa shape index (κ1) is 45.7. The topological polar surface area (TPSA) is 81.2 Å². The minimum atomic E-state index is -0.990. The van der Waals surface area contributed by atoms with Gasteiger partial charge in [0.25, 0.3) is 23.6 Å².